The van der Waals surface area contributed by atoms with Gasteiger partial charge in [0.1, 0.15) is 5.75 Å². The topological polar surface area (TPSA) is 99.6 Å². The van der Waals surface area contributed by atoms with Gasteiger partial charge in [0.2, 0.25) is 6.20 Å². The van der Waals surface area contributed by atoms with Gasteiger partial charge in [0.05, 0.1) is 31.4 Å². The van der Waals surface area contributed by atoms with Crippen LogP contribution in [0.3, 0.4) is 0 Å². The summed E-state index contributed by atoms with van der Waals surface area (Å²) in [6.07, 6.45) is -2.08. The number of carbonyl (C=O) groups is 1. The molecule has 4 aromatic rings. The summed E-state index contributed by atoms with van der Waals surface area (Å²) in [5.41, 5.74) is 2.39. The van der Waals surface area contributed by atoms with Crippen LogP contribution in [0.4, 0.5) is 29.3 Å². The molecule has 0 spiro atoms. The second-order valence-electron chi connectivity index (χ2n) is 10.4. The molecule has 234 valence electrons. The van der Waals surface area contributed by atoms with Crippen molar-refractivity contribution in [3.05, 3.63) is 101 Å². The molecule has 3 N–H and O–H groups in total. The number of hydrogen-bond acceptors (Lipinski definition) is 4. The van der Waals surface area contributed by atoms with Crippen molar-refractivity contribution >= 4 is 23.3 Å². The second kappa shape index (κ2) is 13.2. The molecule has 9 nitrogen and oxygen atoms in total. The number of aliphatic hydroxyl groups is 1. The van der Waals surface area contributed by atoms with Gasteiger partial charge in [-0.05, 0) is 79.1 Å². The van der Waals surface area contributed by atoms with Crippen LogP contribution in [0.2, 0.25) is 0 Å². The molecule has 1 fully saturated rings. The number of methoxy groups -OCH3 is 2. The van der Waals surface area contributed by atoms with Crippen LogP contribution in [-0.2, 0) is 12.7 Å². The average Bonchev–Trinajstić information content (AvgIpc) is 3.03. The number of anilines is 1. The highest BCUT2D eigenvalue weighted by molar-refractivity contribution is 5.93. The van der Waals surface area contributed by atoms with Crippen molar-refractivity contribution in [3.63, 3.8) is 0 Å². The number of ether oxygens (including phenoxy) is 3. The third-order valence-electron chi connectivity index (χ3n) is 7.36. The number of rotatable bonds is 9. The number of urea groups is 1. The SMILES string of the molecule is COc1ccc(CN2CCCN(c3ccc(Oc4ccc([NH+]=C(O)c5ccc(C(F)(F)F)cc5)c[nH+]4)c(C)c3)C2=O)cc1OC. The number of alkyl halides is 3. The number of aromatic nitrogens is 1. The van der Waals surface area contributed by atoms with E-state index >= 15 is 0 Å². The van der Waals surface area contributed by atoms with Crippen LogP contribution >= 0.6 is 0 Å². The van der Waals surface area contributed by atoms with Crippen molar-refractivity contribution in [1.82, 2.24) is 4.90 Å². The number of aryl methyl sites for hydroxylation is 1. The zero-order chi connectivity index (χ0) is 32.1. The predicted molar refractivity (Wildman–Crippen MR) is 160 cm³/mol. The third kappa shape index (κ3) is 7.28. The molecule has 0 radical (unpaired) electrons. The van der Waals surface area contributed by atoms with E-state index < -0.39 is 11.7 Å². The van der Waals surface area contributed by atoms with Gasteiger partial charge in [0.15, 0.2) is 11.5 Å². The molecule has 3 aromatic carbocycles. The second-order valence-corrected chi connectivity index (χ2v) is 10.4. The van der Waals surface area contributed by atoms with E-state index in [-0.39, 0.29) is 17.5 Å². The maximum atomic E-state index is 13.4. The molecule has 0 bridgehead atoms. The Kier molecular flexibility index (Phi) is 9.12. The maximum absolute atomic E-state index is 13.4. The van der Waals surface area contributed by atoms with Crippen molar-refractivity contribution in [1.29, 1.82) is 0 Å². The van der Waals surface area contributed by atoms with Gasteiger partial charge in [-0.25, -0.2) is 4.79 Å². The number of nitrogens with zero attached hydrogens (tertiary/aromatic N) is 2. The molecule has 1 aliphatic rings. The molecule has 0 unspecified atom stereocenters. The lowest BCUT2D eigenvalue weighted by Gasteiger charge is -2.36. The Morgan fingerprint density at radius 2 is 1.67 bits per heavy atom. The number of carbonyl (C=O) groups excluding carboxylic acids is 1. The van der Waals surface area contributed by atoms with Gasteiger partial charge in [0.25, 0.3) is 5.69 Å². The van der Waals surface area contributed by atoms with Gasteiger partial charge in [-0.2, -0.15) is 23.1 Å². The fraction of sp³-hybridized carbons (Fsp3) is 0.242. The standard InChI is InChI=1S/C33H31F3N4O5/c1-21-17-26(40-16-4-15-39(32(40)42)20-22-5-12-28(43-2)29(18-22)44-3)11-13-27(21)45-30-14-10-25(19-37-30)38-31(41)23-6-8-24(9-7-23)33(34,35)36/h5-14,17-19H,4,15-16,20H2,1-3H3,(H,38,41)/p+2. The molecule has 0 atom stereocenters. The Bertz CT molecular complexity index is 1690. The number of hydrogen-bond donors (Lipinski definition) is 2. The summed E-state index contributed by atoms with van der Waals surface area (Å²) in [5.74, 6) is 1.94. The lowest BCUT2D eigenvalue weighted by atomic mass is 10.1. The molecule has 0 saturated carbocycles. The number of amides is 2. The van der Waals surface area contributed by atoms with Crippen LogP contribution in [0.25, 0.3) is 0 Å². The fourth-order valence-corrected chi connectivity index (χ4v) is 4.98. The van der Waals surface area contributed by atoms with Gasteiger partial charge in [-0.3, -0.25) is 4.90 Å². The molecule has 2 heterocycles. The van der Waals surface area contributed by atoms with E-state index in [1.54, 1.807) is 43.5 Å². The van der Waals surface area contributed by atoms with Gasteiger partial charge in [0, 0.05) is 31.4 Å². The number of H-pyrrole nitrogens is 1. The van der Waals surface area contributed by atoms with Crippen molar-refractivity contribution in [3.8, 4) is 23.1 Å². The first-order valence-corrected chi connectivity index (χ1v) is 14.1. The van der Waals surface area contributed by atoms with Gasteiger partial charge in [-0.15, -0.1) is 0 Å². The highest BCUT2D eigenvalue weighted by Crippen LogP contribution is 2.32. The number of aromatic amines is 1. The molecule has 12 heteroatoms. The Morgan fingerprint density at radius 3 is 2.31 bits per heavy atom. The lowest BCUT2D eigenvalue weighted by Crippen LogP contribution is -2.67. The normalized spacial score (nSPS) is 14.0. The van der Waals surface area contributed by atoms with Crippen molar-refractivity contribution in [2.45, 2.75) is 26.1 Å². The number of pyridine rings is 1. The van der Waals surface area contributed by atoms with E-state index in [1.165, 1.54) is 12.1 Å². The molecule has 1 aliphatic heterocycles. The summed E-state index contributed by atoms with van der Waals surface area (Å²) in [6, 6.07) is 18.6. The van der Waals surface area contributed by atoms with E-state index in [9.17, 15) is 23.1 Å². The summed E-state index contributed by atoms with van der Waals surface area (Å²) in [5, 5.41) is 10.3. The molecule has 0 aliphatic carbocycles. The summed E-state index contributed by atoms with van der Waals surface area (Å²) in [4.78, 5) is 22.7. The zero-order valence-electron chi connectivity index (χ0n) is 24.9. The maximum Gasteiger partial charge on any atom is 0.416 e. The average molecular weight is 623 g/mol. The van der Waals surface area contributed by atoms with Crippen LogP contribution < -0.4 is 29.1 Å². The smallest absolute Gasteiger partial charge is 0.416 e. The Labute approximate surface area is 258 Å². The summed E-state index contributed by atoms with van der Waals surface area (Å²) < 4.78 is 55.1. The highest BCUT2D eigenvalue weighted by atomic mass is 19.4. The van der Waals surface area contributed by atoms with E-state index in [1.807, 2.05) is 42.2 Å². The van der Waals surface area contributed by atoms with Crippen molar-refractivity contribution in [2.24, 2.45) is 0 Å². The van der Waals surface area contributed by atoms with E-state index in [0.717, 1.165) is 35.4 Å². The summed E-state index contributed by atoms with van der Waals surface area (Å²) >= 11 is 0. The molecule has 45 heavy (non-hydrogen) atoms. The zero-order valence-corrected chi connectivity index (χ0v) is 24.9. The van der Waals surface area contributed by atoms with Crippen molar-refractivity contribution in [2.75, 3.05) is 32.2 Å². The Morgan fingerprint density at radius 1 is 0.933 bits per heavy atom. The first kappa shape index (κ1) is 31.2. The summed E-state index contributed by atoms with van der Waals surface area (Å²) in [6.45, 7) is 3.57. The molecule has 2 amide bonds. The van der Waals surface area contributed by atoms with Gasteiger partial charge in [-0.1, -0.05) is 6.07 Å². The number of nitrogens with one attached hydrogen (secondary N) is 2. The van der Waals surface area contributed by atoms with Crippen LogP contribution in [-0.4, -0.2) is 49.2 Å². The third-order valence-corrected chi connectivity index (χ3v) is 7.36. The quantitative estimate of drug-likeness (QED) is 0.198. The minimum absolute atomic E-state index is 0.0862. The van der Waals surface area contributed by atoms with E-state index in [0.29, 0.717) is 48.5 Å². The van der Waals surface area contributed by atoms with Crippen LogP contribution in [0.5, 0.6) is 23.1 Å². The Balaban J connectivity index is 1.23. The Hall–Kier alpha value is -5.26. The molecule has 1 saturated heterocycles. The fourth-order valence-electron chi connectivity index (χ4n) is 4.98. The monoisotopic (exact) mass is 622 g/mol. The molecular formula is C33H33F3N4O5+2. The first-order chi connectivity index (χ1) is 21.5. The van der Waals surface area contributed by atoms with E-state index in [4.69, 9.17) is 14.2 Å². The highest BCUT2D eigenvalue weighted by Gasteiger charge is 2.30. The number of aliphatic hydroxyl groups excluding tert-OH is 1. The van der Waals surface area contributed by atoms with Crippen LogP contribution in [0.15, 0.2) is 79.0 Å². The molecule has 1 aromatic heterocycles. The van der Waals surface area contributed by atoms with Crippen LogP contribution in [0.1, 0.15) is 28.7 Å². The summed E-state index contributed by atoms with van der Waals surface area (Å²) in [7, 11) is 3.16. The van der Waals surface area contributed by atoms with Gasteiger partial charge >= 0.3 is 24.0 Å². The van der Waals surface area contributed by atoms with Crippen LogP contribution in [0, 0.1) is 6.92 Å². The van der Waals surface area contributed by atoms with Gasteiger partial charge < -0.3 is 24.2 Å². The molecule has 5 rings (SSSR count). The lowest BCUT2D eigenvalue weighted by molar-refractivity contribution is -0.419. The predicted octanol–water partition coefficient (Wildman–Crippen LogP) is 5.19. The number of halogens is 3. The van der Waals surface area contributed by atoms with Crippen molar-refractivity contribution < 1.29 is 47.3 Å². The minimum atomic E-state index is -4.45. The number of benzene rings is 3. The minimum Gasteiger partial charge on any atom is -0.493 e. The van der Waals surface area contributed by atoms with E-state index in [2.05, 4.69) is 9.98 Å². The first-order valence-electron chi connectivity index (χ1n) is 14.1. The largest absolute Gasteiger partial charge is 0.493 e. The molecular weight excluding hydrogens is 589 g/mol.